The zero-order valence-electron chi connectivity index (χ0n) is 11.3. The molecule has 0 spiro atoms. The lowest BCUT2D eigenvalue weighted by molar-refractivity contribution is 1.07. The fourth-order valence-electron chi connectivity index (χ4n) is 2.06. The van der Waals surface area contributed by atoms with E-state index in [0.29, 0.717) is 0 Å². The second-order valence-corrected chi connectivity index (χ2v) is 6.84. The number of aryl methyl sites for hydroxylation is 2. The molecule has 0 saturated carbocycles. The zero-order chi connectivity index (χ0) is 14.1. The van der Waals surface area contributed by atoms with Crippen LogP contribution in [0.4, 0.5) is 5.69 Å². The van der Waals surface area contributed by atoms with Gasteiger partial charge in [0.25, 0.3) is 0 Å². The molecule has 2 aromatic heterocycles. The SMILES string of the molecule is Cc1nc(CNc2cccc3cc(Br)cnc23)sc1C. The van der Waals surface area contributed by atoms with Gasteiger partial charge < -0.3 is 5.32 Å². The summed E-state index contributed by atoms with van der Waals surface area (Å²) in [6, 6.07) is 8.23. The molecule has 102 valence electrons. The van der Waals surface area contributed by atoms with Crippen molar-refractivity contribution in [3.05, 3.63) is 50.5 Å². The number of anilines is 1. The summed E-state index contributed by atoms with van der Waals surface area (Å²) in [5, 5.41) is 5.66. The fourth-order valence-corrected chi connectivity index (χ4v) is 3.28. The van der Waals surface area contributed by atoms with Crippen molar-refractivity contribution < 1.29 is 0 Å². The van der Waals surface area contributed by atoms with Crippen molar-refractivity contribution in [1.82, 2.24) is 9.97 Å². The molecule has 3 nitrogen and oxygen atoms in total. The molecular formula is C15H14BrN3S. The highest BCUT2D eigenvalue weighted by Crippen LogP contribution is 2.25. The van der Waals surface area contributed by atoms with Crippen molar-refractivity contribution in [2.45, 2.75) is 20.4 Å². The quantitative estimate of drug-likeness (QED) is 0.747. The molecule has 0 aliphatic rings. The third-order valence-corrected chi connectivity index (χ3v) is 4.69. The maximum Gasteiger partial charge on any atom is 0.112 e. The Bertz CT molecular complexity index is 747. The largest absolute Gasteiger partial charge is 0.377 e. The molecule has 0 atom stereocenters. The Morgan fingerprint density at radius 2 is 2.15 bits per heavy atom. The summed E-state index contributed by atoms with van der Waals surface area (Å²) in [6.45, 7) is 4.88. The van der Waals surface area contributed by atoms with Gasteiger partial charge in [-0.05, 0) is 41.9 Å². The van der Waals surface area contributed by atoms with Gasteiger partial charge in [-0.1, -0.05) is 12.1 Å². The number of halogens is 1. The summed E-state index contributed by atoms with van der Waals surface area (Å²) in [4.78, 5) is 10.3. The number of fused-ring (bicyclic) bond motifs is 1. The summed E-state index contributed by atoms with van der Waals surface area (Å²) >= 11 is 5.19. The second-order valence-electron chi connectivity index (χ2n) is 4.63. The first-order valence-corrected chi connectivity index (χ1v) is 7.95. The van der Waals surface area contributed by atoms with Gasteiger partial charge in [-0.2, -0.15) is 0 Å². The minimum atomic E-state index is 0.732. The van der Waals surface area contributed by atoms with Gasteiger partial charge in [-0.3, -0.25) is 4.98 Å². The highest BCUT2D eigenvalue weighted by atomic mass is 79.9. The Morgan fingerprint density at radius 1 is 1.30 bits per heavy atom. The van der Waals surface area contributed by atoms with E-state index in [1.807, 2.05) is 19.2 Å². The summed E-state index contributed by atoms with van der Waals surface area (Å²) < 4.78 is 0.994. The molecule has 0 fully saturated rings. The van der Waals surface area contributed by atoms with Crippen LogP contribution in [0.5, 0.6) is 0 Å². The molecular weight excluding hydrogens is 334 g/mol. The molecule has 0 amide bonds. The molecule has 0 aliphatic carbocycles. The first-order chi connectivity index (χ1) is 9.63. The van der Waals surface area contributed by atoms with E-state index < -0.39 is 0 Å². The van der Waals surface area contributed by atoms with E-state index in [0.717, 1.165) is 38.3 Å². The molecule has 20 heavy (non-hydrogen) atoms. The number of rotatable bonds is 3. The molecule has 1 aromatic carbocycles. The lowest BCUT2D eigenvalue weighted by Crippen LogP contribution is -2.00. The Morgan fingerprint density at radius 3 is 2.90 bits per heavy atom. The first-order valence-electron chi connectivity index (χ1n) is 6.34. The van der Waals surface area contributed by atoms with Crippen LogP contribution in [-0.4, -0.2) is 9.97 Å². The van der Waals surface area contributed by atoms with Crippen molar-refractivity contribution in [2.75, 3.05) is 5.32 Å². The van der Waals surface area contributed by atoms with Crippen LogP contribution >= 0.6 is 27.3 Å². The smallest absolute Gasteiger partial charge is 0.112 e. The predicted molar refractivity (Wildman–Crippen MR) is 88.4 cm³/mol. The maximum absolute atomic E-state index is 4.55. The maximum atomic E-state index is 4.55. The van der Waals surface area contributed by atoms with Crippen molar-refractivity contribution in [2.24, 2.45) is 0 Å². The van der Waals surface area contributed by atoms with E-state index in [2.05, 4.69) is 56.3 Å². The van der Waals surface area contributed by atoms with Gasteiger partial charge >= 0.3 is 0 Å². The van der Waals surface area contributed by atoms with Crippen LogP contribution in [0.2, 0.25) is 0 Å². The van der Waals surface area contributed by atoms with E-state index in [-0.39, 0.29) is 0 Å². The number of nitrogens with zero attached hydrogens (tertiary/aromatic N) is 2. The van der Waals surface area contributed by atoms with E-state index in [1.165, 1.54) is 4.88 Å². The van der Waals surface area contributed by atoms with E-state index in [1.54, 1.807) is 11.3 Å². The molecule has 3 rings (SSSR count). The van der Waals surface area contributed by atoms with E-state index in [9.17, 15) is 0 Å². The minimum absolute atomic E-state index is 0.732. The van der Waals surface area contributed by atoms with Crippen LogP contribution in [0.25, 0.3) is 10.9 Å². The predicted octanol–water partition coefficient (Wildman–Crippen LogP) is 4.68. The standard InChI is InChI=1S/C15H14BrN3S/c1-9-10(2)20-14(19-9)8-17-13-5-3-4-11-6-12(16)7-18-15(11)13/h3-7,17H,8H2,1-2H3. The highest BCUT2D eigenvalue weighted by Gasteiger charge is 2.06. The molecule has 0 saturated heterocycles. The Balaban J connectivity index is 1.87. The van der Waals surface area contributed by atoms with E-state index in [4.69, 9.17) is 0 Å². The Hall–Kier alpha value is -1.46. The van der Waals surface area contributed by atoms with Crippen LogP contribution in [0.3, 0.4) is 0 Å². The van der Waals surface area contributed by atoms with Crippen molar-refractivity contribution in [3.8, 4) is 0 Å². The van der Waals surface area contributed by atoms with Crippen LogP contribution in [0, 0.1) is 13.8 Å². The minimum Gasteiger partial charge on any atom is -0.377 e. The van der Waals surface area contributed by atoms with E-state index >= 15 is 0 Å². The van der Waals surface area contributed by atoms with Gasteiger partial charge in [0.2, 0.25) is 0 Å². The average Bonchev–Trinajstić information content (AvgIpc) is 2.75. The average molecular weight is 348 g/mol. The van der Waals surface area contributed by atoms with Gasteiger partial charge in [0.1, 0.15) is 5.01 Å². The summed E-state index contributed by atoms with van der Waals surface area (Å²) in [5.41, 5.74) is 3.15. The lowest BCUT2D eigenvalue weighted by Gasteiger charge is -2.07. The van der Waals surface area contributed by atoms with Crippen molar-refractivity contribution in [3.63, 3.8) is 0 Å². The Kier molecular flexibility index (Phi) is 3.72. The fraction of sp³-hybridized carbons (Fsp3) is 0.200. The van der Waals surface area contributed by atoms with Gasteiger partial charge in [-0.15, -0.1) is 11.3 Å². The summed E-state index contributed by atoms with van der Waals surface area (Å²) in [5.74, 6) is 0. The molecule has 1 N–H and O–H groups in total. The summed E-state index contributed by atoms with van der Waals surface area (Å²) in [6.07, 6.45) is 1.82. The number of benzene rings is 1. The molecule has 0 unspecified atom stereocenters. The van der Waals surface area contributed by atoms with Gasteiger partial charge in [0.15, 0.2) is 0 Å². The number of nitrogens with one attached hydrogen (secondary N) is 1. The molecule has 5 heteroatoms. The summed E-state index contributed by atoms with van der Waals surface area (Å²) in [7, 11) is 0. The number of hydrogen-bond donors (Lipinski definition) is 1. The molecule has 2 heterocycles. The third kappa shape index (κ3) is 2.69. The number of aromatic nitrogens is 2. The topological polar surface area (TPSA) is 37.8 Å². The van der Waals surface area contributed by atoms with Gasteiger partial charge in [0.05, 0.1) is 23.4 Å². The molecule has 3 aromatic rings. The third-order valence-electron chi connectivity index (χ3n) is 3.18. The van der Waals surface area contributed by atoms with Crippen LogP contribution < -0.4 is 5.32 Å². The van der Waals surface area contributed by atoms with Crippen LogP contribution in [0.1, 0.15) is 15.6 Å². The number of thiazole rings is 1. The number of pyridine rings is 1. The van der Waals surface area contributed by atoms with Gasteiger partial charge in [0, 0.05) is 20.9 Å². The first kappa shape index (κ1) is 13.5. The normalized spacial score (nSPS) is 10.9. The molecule has 0 radical (unpaired) electrons. The van der Waals surface area contributed by atoms with Crippen LogP contribution in [0.15, 0.2) is 34.9 Å². The van der Waals surface area contributed by atoms with Gasteiger partial charge in [-0.25, -0.2) is 4.98 Å². The Labute approximate surface area is 130 Å². The van der Waals surface area contributed by atoms with Crippen molar-refractivity contribution in [1.29, 1.82) is 0 Å². The van der Waals surface area contributed by atoms with Crippen LogP contribution in [-0.2, 0) is 6.54 Å². The lowest BCUT2D eigenvalue weighted by atomic mass is 10.2. The highest BCUT2D eigenvalue weighted by molar-refractivity contribution is 9.10. The molecule has 0 bridgehead atoms. The second kappa shape index (κ2) is 5.50. The van der Waals surface area contributed by atoms with Crippen molar-refractivity contribution >= 4 is 43.9 Å². The number of hydrogen-bond acceptors (Lipinski definition) is 4. The molecule has 0 aliphatic heterocycles. The monoisotopic (exact) mass is 347 g/mol. The zero-order valence-corrected chi connectivity index (χ0v) is 13.7. The number of para-hydroxylation sites is 1.